The standard InChI is InChI=1S/C15H14O2/c16-13-9-7-3-4-8-11-10(7)14(13)5-1-2-6-15(11,14)17-12(8)9/h1-2,5-12H,3-4H2/t7-,8-,9-,10+,11-,12+,14-,15-/m0/s1. The van der Waals surface area contributed by atoms with Crippen LogP contribution in [0.3, 0.4) is 0 Å². The fourth-order valence-electron chi connectivity index (χ4n) is 6.76. The second-order valence-electron chi connectivity index (χ2n) is 6.81. The molecule has 5 rings (SSSR count). The van der Waals surface area contributed by atoms with Crippen molar-refractivity contribution in [3.05, 3.63) is 24.3 Å². The van der Waals surface area contributed by atoms with Crippen molar-refractivity contribution < 1.29 is 9.53 Å². The Labute approximate surface area is 99.7 Å². The summed E-state index contributed by atoms with van der Waals surface area (Å²) in [7, 11) is 0. The molecule has 0 amide bonds. The van der Waals surface area contributed by atoms with E-state index in [-0.39, 0.29) is 23.0 Å². The molecule has 4 aliphatic carbocycles. The minimum Gasteiger partial charge on any atom is -0.365 e. The first-order chi connectivity index (χ1) is 8.31. The molecule has 86 valence electrons. The fraction of sp³-hybridized carbons (Fsp3) is 0.667. The van der Waals surface area contributed by atoms with Crippen LogP contribution in [-0.4, -0.2) is 17.5 Å². The van der Waals surface area contributed by atoms with Gasteiger partial charge in [-0.3, -0.25) is 4.79 Å². The molecule has 0 unspecified atom stereocenters. The monoisotopic (exact) mass is 226 g/mol. The summed E-state index contributed by atoms with van der Waals surface area (Å²) in [6.07, 6.45) is 11.4. The summed E-state index contributed by atoms with van der Waals surface area (Å²) < 4.78 is 6.44. The number of hydrogen-bond donors (Lipinski definition) is 0. The Morgan fingerprint density at radius 1 is 1.12 bits per heavy atom. The lowest BCUT2D eigenvalue weighted by Gasteiger charge is -2.64. The van der Waals surface area contributed by atoms with Crippen molar-refractivity contribution in [2.24, 2.45) is 35.0 Å². The maximum absolute atomic E-state index is 12.8. The van der Waals surface area contributed by atoms with Crippen LogP contribution in [0.2, 0.25) is 0 Å². The van der Waals surface area contributed by atoms with Gasteiger partial charge < -0.3 is 4.74 Å². The summed E-state index contributed by atoms with van der Waals surface area (Å²) in [4.78, 5) is 12.8. The number of allylic oxidation sites excluding steroid dienone is 2. The van der Waals surface area contributed by atoms with Crippen molar-refractivity contribution in [2.45, 2.75) is 24.5 Å². The van der Waals surface area contributed by atoms with E-state index in [1.807, 2.05) is 0 Å². The third kappa shape index (κ3) is 0.486. The van der Waals surface area contributed by atoms with E-state index in [0.717, 1.165) is 0 Å². The van der Waals surface area contributed by atoms with Crippen molar-refractivity contribution in [1.82, 2.24) is 0 Å². The number of Topliss-reactive ketones (excluding diaryl/α,β-unsaturated/α-hetero) is 1. The van der Waals surface area contributed by atoms with Crippen LogP contribution >= 0.6 is 0 Å². The lowest BCUT2D eigenvalue weighted by atomic mass is 9.38. The first kappa shape index (κ1) is 8.25. The highest BCUT2D eigenvalue weighted by atomic mass is 16.5. The molecule has 3 saturated carbocycles. The van der Waals surface area contributed by atoms with Crippen molar-refractivity contribution in [1.29, 1.82) is 0 Å². The van der Waals surface area contributed by atoms with Gasteiger partial charge in [0.15, 0.2) is 5.78 Å². The number of fused-ring (bicyclic) bond motifs is 6. The molecule has 1 saturated heterocycles. The summed E-state index contributed by atoms with van der Waals surface area (Å²) in [6, 6.07) is 0. The Hall–Kier alpha value is -0.890. The first-order valence-electron chi connectivity index (χ1n) is 6.90. The predicted octanol–water partition coefficient (Wildman–Crippen LogP) is 1.72. The lowest BCUT2D eigenvalue weighted by molar-refractivity contribution is -0.204. The van der Waals surface area contributed by atoms with Gasteiger partial charge in [-0.25, -0.2) is 0 Å². The number of carbonyl (C=O) groups excluding carboxylic acids is 1. The van der Waals surface area contributed by atoms with Gasteiger partial charge in [0.05, 0.1) is 11.5 Å². The van der Waals surface area contributed by atoms with Crippen LogP contribution in [0, 0.1) is 35.0 Å². The summed E-state index contributed by atoms with van der Waals surface area (Å²) in [5.74, 6) is 3.40. The molecular weight excluding hydrogens is 212 g/mol. The molecule has 0 radical (unpaired) electrons. The maximum atomic E-state index is 12.8. The van der Waals surface area contributed by atoms with E-state index in [1.54, 1.807) is 0 Å². The van der Waals surface area contributed by atoms with Gasteiger partial charge in [-0.1, -0.05) is 24.3 Å². The van der Waals surface area contributed by atoms with Gasteiger partial charge in [0.2, 0.25) is 0 Å². The van der Waals surface area contributed by atoms with E-state index in [2.05, 4.69) is 24.3 Å². The summed E-state index contributed by atoms with van der Waals surface area (Å²) >= 11 is 0. The summed E-state index contributed by atoms with van der Waals surface area (Å²) in [5.41, 5.74) is -0.433. The quantitative estimate of drug-likeness (QED) is 0.628. The Kier molecular flexibility index (Phi) is 0.955. The van der Waals surface area contributed by atoms with Crippen molar-refractivity contribution in [3.8, 4) is 0 Å². The molecule has 4 fully saturated rings. The molecule has 1 aliphatic heterocycles. The molecule has 2 spiro atoms. The van der Waals surface area contributed by atoms with Crippen LogP contribution < -0.4 is 0 Å². The van der Waals surface area contributed by atoms with Gasteiger partial charge in [0, 0.05) is 11.8 Å². The second-order valence-corrected chi connectivity index (χ2v) is 6.81. The number of ketones is 1. The van der Waals surface area contributed by atoms with Crippen LogP contribution in [0.25, 0.3) is 0 Å². The fourth-order valence-corrected chi connectivity index (χ4v) is 6.76. The highest BCUT2D eigenvalue weighted by Gasteiger charge is 2.91. The smallest absolute Gasteiger partial charge is 0.152 e. The van der Waals surface area contributed by atoms with Gasteiger partial charge >= 0.3 is 0 Å². The molecule has 0 N–H and O–H groups in total. The highest BCUT2D eigenvalue weighted by Crippen LogP contribution is 2.84. The molecule has 17 heavy (non-hydrogen) atoms. The molecule has 1 heterocycles. The number of ether oxygens (including phenoxy) is 1. The average Bonchev–Trinajstić information content (AvgIpc) is 2.61. The third-order valence-electron chi connectivity index (χ3n) is 6.90. The Bertz CT molecular complexity index is 545. The molecule has 2 heteroatoms. The van der Waals surface area contributed by atoms with E-state index in [0.29, 0.717) is 29.5 Å². The Morgan fingerprint density at radius 2 is 1.94 bits per heavy atom. The minimum absolute atomic E-state index is 0.204. The molecule has 2 nitrogen and oxygen atoms in total. The van der Waals surface area contributed by atoms with E-state index >= 15 is 0 Å². The van der Waals surface area contributed by atoms with Crippen molar-refractivity contribution in [3.63, 3.8) is 0 Å². The van der Waals surface area contributed by atoms with Crippen LogP contribution in [0.5, 0.6) is 0 Å². The SMILES string of the molecule is O=C1[C@H]2[C@@H]3CC[C@@H]4[C@H]2O[C@]25C=CC=C[C@]12[C@H]3[C@H]45. The molecule has 5 aliphatic rings. The van der Waals surface area contributed by atoms with E-state index in [1.165, 1.54) is 12.8 Å². The highest BCUT2D eigenvalue weighted by molar-refractivity contribution is 5.98. The molecule has 0 aromatic rings. The van der Waals surface area contributed by atoms with Gasteiger partial charge in [-0.05, 0) is 30.6 Å². The molecule has 8 atom stereocenters. The van der Waals surface area contributed by atoms with Crippen LogP contribution in [-0.2, 0) is 9.53 Å². The molecular formula is C15H14O2. The number of hydrogen-bond acceptors (Lipinski definition) is 2. The zero-order valence-corrected chi connectivity index (χ0v) is 9.50. The van der Waals surface area contributed by atoms with Gasteiger partial charge in [-0.15, -0.1) is 0 Å². The predicted molar refractivity (Wildman–Crippen MR) is 60.0 cm³/mol. The summed E-state index contributed by atoms with van der Waals surface area (Å²) in [6.45, 7) is 0. The van der Waals surface area contributed by atoms with E-state index < -0.39 is 0 Å². The van der Waals surface area contributed by atoms with Crippen LogP contribution in [0.15, 0.2) is 24.3 Å². The van der Waals surface area contributed by atoms with Gasteiger partial charge in [0.1, 0.15) is 5.60 Å². The average molecular weight is 226 g/mol. The largest absolute Gasteiger partial charge is 0.365 e. The topological polar surface area (TPSA) is 26.3 Å². The molecule has 0 bridgehead atoms. The van der Waals surface area contributed by atoms with Gasteiger partial charge in [-0.2, -0.15) is 0 Å². The molecule has 0 aromatic carbocycles. The van der Waals surface area contributed by atoms with Crippen molar-refractivity contribution >= 4 is 5.78 Å². The normalized spacial score (nSPS) is 70.9. The third-order valence-corrected chi connectivity index (χ3v) is 6.90. The van der Waals surface area contributed by atoms with Crippen LogP contribution in [0.4, 0.5) is 0 Å². The second kappa shape index (κ2) is 1.97. The molecule has 0 aromatic heterocycles. The zero-order valence-electron chi connectivity index (χ0n) is 9.50. The first-order valence-corrected chi connectivity index (χ1v) is 6.90. The maximum Gasteiger partial charge on any atom is 0.152 e. The van der Waals surface area contributed by atoms with E-state index in [9.17, 15) is 4.79 Å². The Balaban J connectivity index is 1.75. The Morgan fingerprint density at radius 3 is 2.88 bits per heavy atom. The zero-order chi connectivity index (χ0) is 11.0. The lowest BCUT2D eigenvalue weighted by Crippen LogP contribution is -2.71. The van der Waals surface area contributed by atoms with Crippen LogP contribution in [0.1, 0.15) is 12.8 Å². The van der Waals surface area contributed by atoms with Gasteiger partial charge in [0.25, 0.3) is 0 Å². The number of carbonyl (C=O) groups is 1. The minimum atomic E-state index is -0.229. The summed E-state index contributed by atoms with van der Waals surface area (Å²) in [5, 5.41) is 0. The van der Waals surface area contributed by atoms with Crippen molar-refractivity contribution in [2.75, 3.05) is 0 Å². The van der Waals surface area contributed by atoms with E-state index in [4.69, 9.17) is 4.74 Å². The number of rotatable bonds is 0.